The number of aromatic amines is 1. The van der Waals surface area contributed by atoms with Crippen LogP contribution in [0.2, 0.25) is 5.02 Å². The minimum atomic E-state index is 0.291. The zero-order chi connectivity index (χ0) is 15.5. The average Bonchev–Trinajstić information content (AvgIpc) is 2.96. The van der Waals surface area contributed by atoms with Crippen LogP contribution in [0, 0.1) is 0 Å². The molecule has 22 heavy (non-hydrogen) atoms. The molecule has 4 heteroatoms. The molecule has 0 bridgehead atoms. The van der Waals surface area contributed by atoms with Gasteiger partial charge >= 0.3 is 0 Å². The minimum Gasteiger partial charge on any atom is -0.383 e. The maximum absolute atomic E-state index is 5.98. The number of hydrogen-bond acceptors (Lipinski definition) is 2. The smallest absolute Gasteiger partial charge is 0.0515 e. The van der Waals surface area contributed by atoms with Crippen molar-refractivity contribution >= 4 is 28.2 Å². The van der Waals surface area contributed by atoms with E-state index in [-0.39, 0.29) is 0 Å². The van der Waals surface area contributed by atoms with E-state index in [4.69, 9.17) is 11.6 Å². The molecule has 0 radical (unpaired) electrons. The van der Waals surface area contributed by atoms with Gasteiger partial charge in [-0.3, -0.25) is 0 Å². The highest BCUT2D eigenvalue weighted by Crippen LogP contribution is 2.23. The average molecular weight is 314 g/mol. The van der Waals surface area contributed by atoms with Crippen molar-refractivity contribution in [3.05, 3.63) is 65.3 Å². The lowest BCUT2D eigenvalue weighted by atomic mass is 10.1. The lowest BCUT2D eigenvalue weighted by Crippen LogP contribution is -2.26. The summed E-state index contributed by atoms with van der Waals surface area (Å²) in [6, 6.07) is 16.8. The van der Waals surface area contributed by atoms with Gasteiger partial charge < -0.3 is 15.2 Å². The molecule has 0 aliphatic rings. The lowest BCUT2D eigenvalue weighted by Gasteiger charge is -2.25. The first-order valence-corrected chi connectivity index (χ1v) is 7.74. The van der Waals surface area contributed by atoms with Crippen LogP contribution in [-0.4, -0.2) is 30.5 Å². The van der Waals surface area contributed by atoms with Crippen LogP contribution in [0.25, 0.3) is 10.9 Å². The first kappa shape index (κ1) is 14.9. The van der Waals surface area contributed by atoms with E-state index in [9.17, 15) is 0 Å². The largest absolute Gasteiger partial charge is 0.383 e. The number of hydrogen-bond donors (Lipinski definition) is 2. The molecule has 114 valence electrons. The second-order valence-electron chi connectivity index (χ2n) is 5.69. The Morgan fingerprint density at radius 1 is 1.09 bits per heavy atom. The van der Waals surface area contributed by atoms with Crippen LogP contribution >= 0.6 is 11.6 Å². The van der Waals surface area contributed by atoms with E-state index in [0.29, 0.717) is 6.04 Å². The third-order valence-electron chi connectivity index (χ3n) is 3.93. The maximum Gasteiger partial charge on any atom is 0.0515 e. The molecule has 3 aromatic rings. The third kappa shape index (κ3) is 3.26. The number of rotatable bonds is 5. The summed E-state index contributed by atoms with van der Waals surface area (Å²) < 4.78 is 0. The Kier molecular flexibility index (Phi) is 4.36. The van der Waals surface area contributed by atoms with Crippen molar-refractivity contribution < 1.29 is 0 Å². The van der Waals surface area contributed by atoms with Gasteiger partial charge in [0.1, 0.15) is 0 Å². The number of H-pyrrole nitrogens is 1. The van der Waals surface area contributed by atoms with Crippen molar-refractivity contribution in [2.75, 3.05) is 26.0 Å². The topological polar surface area (TPSA) is 31.1 Å². The summed E-state index contributed by atoms with van der Waals surface area (Å²) in [5, 5.41) is 5.52. The van der Waals surface area contributed by atoms with Gasteiger partial charge in [0.05, 0.1) is 6.04 Å². The number of likely N-dealkylation sites (N-methyl/N-ethyl adjacent to an activating group) is 1. The summed E-state index contributed by atoms with van der Waals surface area (Å²) >= 11 is 5.98. The molecular weight excluding hydrogens is 294 g/mol. The Balaban J connectivity index is 1.75. The van der Waals surface area contributed by atoms with Gasteiger partial charge in [0.25, 0.3) is 0 Å². The molecule has 2 N–H and O–H groups in total. The number of nitrogens with one attached hydrogen (secondary N) is 2. The molecule has 2 aromatic carbocycles. The maximum atomic E-state index is 5.98. The van der Waals surface area contributed by atoms with Gasteiger partial charge in [-0.05, 0) is 56.1 Å². The van der Waals surface area contributed by atoms with Gasteiger partial charge in [-0.2, -0.15) is 0 Å². The number of anilines is 1. The van der Waals surface area contributed by atoms with Crippen molar-refractivity contribution in [2.45, 2.75) is 6.04 Å². The highest BCUT2D eigenvalue weighted by Gasteiger charge is 2.13. The molecule has 1 unspecified atom stereocenters. The van der Waals surface area contributed by atoms with Crippen LogP contribution in [0.4, 0.5) is 5.69 Å². The third-order valence-corrected chi connectivity index (χ3v) is 4.18. The van der Waals surface area contributed by atoms with Crippen molar-refractivity contribution in [1.29, 1.82) is 0 Å². The highest BCUT2D eigenvalue weighted by molar-refractivity contribution is 6.30. The molecule has 0 saturated carbocycles. The minimum absolute atomic E-state index is 0.291. The summed E-state index contributed by atoms with van der Waals surface area (Å²) in [6.45, 7) is 0.838. The van der Waals surface area contributed by atoms with E-state index in [2.05, 4.69) is 65.7 Å². The molecule has 1 atom stereocenters. The fourth-order valence-electron chi connectivity index (χ4n) is 2.66. The monoisotopic (exact) mass is 313 g/mol. The van der Waals surface area contributed by atoms with Crippen molar-refractivity contribution in [3.8, 4) is 0 Å². The van der Waals surface area contributed by atoms with Crippen LogP contribution < -0.4 is 5.32 Å². The van der Waals surface area contributed by atoms with E-state index in [1.54, 1.807) is 0 Å². The SMILES string of the molecule is CN(C)C(CNc1ccc2[nH]ccc2c1)c1ccc(Cl)cc1. The molecule has 0 aliphatic heterocycles. The number of aromatic nitrogens is 1. The zero-order valence-electron chi connectivity index (χ0n) is 12.8. The summed E-state index contributed by atoms with van der Waals surface area (Å²) in [5.74, 6) is 0. The lowest BCUT2D eigenvalue weighted by molar-refractivity contribution is 0.312. The van der Waals surface area contributed by atoms with Gasteiger partial charge in [0, 0.05) is 34.4 Å². The van der Waals surface area contributed by atoms with E-state index in [0.717, 1.165) is 22.8 Å². The summed E-state index contributed by atoms with van der Waals surface area (Å²) in [4.78, 5) is 5.43. The summed E-state index contributed by atoms with van der Waals surface area (Å²) in [7, 11) is 4.19. The highest BCUT2D eigenvalue weighted by atomic mass is 35.5. The number of benzene rings is 2. The molecule has 0 aliphatic carbocycles. The second kappa shape index (κ2) is 6.42. The Bertz CT molecular complexity index is 746. The first-order valence-electron chi connectivity index (χ1n) is 7.36. The molecule has 0 fully saturated rings. The second-order valence-corrected chi connectivity index (χ2v) is 6.13. The molecule has 1 aromatic heterocycles. The first-order chi connectivity index (χ1) is 10.6. The Labute approximate surface area is 135 Å². The Hall–Kier alpha value is -1.97. The van der Waals surface area contributed by atoms with Crippen molar-refractivity contribution in [1.82, 2.24) is 9.88 Å². The quantitative estimate of drug-likeness (QED) is 0.724. The number of nitrogens with zero attached hydrogens (tertiary/aromatic N) is 1. The van der Waals surface area contributed by atoms with Gasteiger partial charge in [-0.15, -0.1) is 0 Å². The summed E-state index contributed by atoms with van der Waals surface area (Å²) in [5.41, 5.74) is 3.55. The van der Waals surface area contributed by atoms with E-state index < -0.39 is 0 Å². The van der Waals surface area contributed by atoms with Gasteiger partial charge in [0.2, 0.25) is 0 Å². The predicted molar refractivity (Wildman–Crippen MR) is 94.7 cm³/mol. The number of fused-ring (bicyclic) bond motifs is 1. The molecule has 3 rings (SSSR count). The molecule has 0 saturated heterocycles. The molecule has 3 nitrogen and oxygen atoms in total. The van der Waals surface area contributed by atoms with Gasteiger partial charge in [-0.1, -0.05) is 23.7 Å². The Morgan fingerprint density at radius 3 is 2.59 bits per heavy atom. The normalized spacial score (nSPS) is 12.7. The van der Waals surface area contributed by atoms with Crippen LogP contribution in [0.3, 0.4) is 0 Å². The van der Waals surface area contributed by atoms with E-state index >= 15 is 0 Å². The molecule has 1 heterocycles. The molecule has 0 amide bonds. The Morgan fingerprint density at radius 2 is 1.86 bits per heavy atom. The van der Waals surface area contributed by atoms with Crippen molar-refractivity contribution in [2.24, 2.45) is 0 Å². The van der Waals surface area contributed by atoms with Gasteiger partial charge in [0.15, 0.2) is 0 Å². The van der Waals surface area contributed by atoms with E-state index in [1.807, 2.05) is 18.3 Å². The molecule has 0 spiro atoms. The van der Waals surface area contributed by atoms with Crippen molar-refractivity contribution in [3.63, 3.8) is 0 Å². The fourth-order valence-corrected chi connectivity index (χ4v) is 2.79. The standard InChI is InChI=1S/C18H20ClN3/c1-22(2)18(13-3-5-15(19)6-4-13)12-21-16-7-8-17-14(11-16)9-10-20-17/h3-11,18,20-21H,12H2,1-2H3. The van der Waals surface area contributed by atoms with E-state index in [1.165, 1.54) is 10.9 Å². The van der Waals surface area contributed by atoms with Gasteiger partial charge in [-0.25, -0.2) is 0 Å². The fraction of sp³-hybridized carbons (Fsp3) is 0.222. The van der Waals surface area contributed by atoms with Crippen LogP contribution in [0.1, 0.15) is 11.6 Å². The summed E-state index contributed by atoms with van der Waals surface area (Å²) in [6.07, 6.45) is 1.96. The number of halogens is 1. The predicted octanol–water partition coefficient (Wildman–Crippen LogP) is 4.54. The van der Waals surface area contributed by atoms with Crippen LogP contribution in [0.5, 0.6) is 0 Å². The molecular formula is C18H20ClN3. The van der Waals surface area contributed by atoms with Crippen LogP contribution in [0.15, 0.2) is 54.7 Å². The zero-order valence-corrected chi connectivity index (χ0v) is 13.6. The van der Waals surface area contributed by atoms with Crippen LogP contribution in [-0.2, 0) is 0 Å².